The van der Waals surface area contributed by atoms with Crippen LogP contribution >= 0.6 is 0 Å². The molecule has 0 saturated carbocycles. The molecule has 24 heavy (non-hydrogen) atoms. The summed E-state index contributed by atoms with van der Waals surface area (Å²) in [5.41, 5.74) is 1.00. The first-order chi connectivity index (χ1) is 11.3. The van der Waals surface area contributed by atoms with E-state index < -0.39 is 12.0 Å². The molecule has 0 unspecified atom stereocenters. The van der Waals surface area contributed by atoms with Gasteiger partial charge in [0, 0.05) is 12.8 Å². The minimum atomic E-state index is -0.700. The summed E-state index contributed by atoms with van der Waals surface area (Å²) in [5, 5.41) is 5.47. The van der Waals surface area contributed by atoms with Gasteiger partial charge in [-0.2, -0.15) is 0 Å². The largest absolute Gasteiger partial charge is 0.467 e. The van der Waals surface area contributed by atoms with Gasteiger partial charge in [0.05, 0.1) is 13.2 Å². The van der Waals surface area contributed by atoms with Crippen molar-refractivity contribution in [2.75, 3.05) is 7.11 Å². The fourth-order valence-corrected chi connectivity index (χ4v) is 2.24. The van der Waals surface area contributed by atoms with Crippen molar-refractivity contribution in [2.45, 2.75) is 45.7 Å². The minimum Gasteiger partial charge on any atom is -0.467 e. The fraction of sp³-hybridized carbons (Fsp3) is 0.500. The van der Waals surface area contributed by atoms with E-state index in [1.54, 1.807) is 0 Å². The van der Waals surface area contributed by atoms with Crippen molar-refractivity contribution in [3.05, 3.63) is 35.9 Å². The molecule has 1 aromatic carbocycles. The Labute approximate surface area is 143 Å². The van der Waals surface area contributed by atoms with E-state index in [1.165, 1.54) is 7.11 Å². The molecule has 0 radical (unpaired) electrons. The van der Waals surface area contributed by atoms with E-state index in [2.05, 4.69) is 15.4 Å². The van der Waals surface area contributed by atoms with Crippen molar-refractivity contribution in [2.24, 2.45) is 5.92 Å². The summed E-state index contributed by atoms with van der Waals surface area (Å²) in [6.07, 6.45) is 0.0859. The summed E-state index contributed by atoms with van der Waals surface area (Å²) < 4.78 is 4.67. The maximum Gasteiger partial charge on any atom is 0.328 e. The third kappa shape index (κ3) is 6.40. The molecule has 2 atom stereocenters. The standard InChI is InChI=1S/C18H26N2O4/c1-12(2)17(18(23)24-4)20-16(22)11-10-15(21)19-13(3)14-8-6-5-7-9-14/h5-9,12-13,17H,10-11H2,1-4H3,(H,19,21)(H,20,22)/t13-,17-/m1/s1. The van der Waals surface area contributed by atoms with Crippen LogP contribution in [0.25, 0.3) is 0 Å². The molecule has 1 rings (SSSR count). The van der Waals surface area contributed by atoms with Crippen LogP contribution in [0.3, 0.4) is 0 Å². The number of ether oxygens (including phenoxy) is 1. The predicted molar refractivity (Wildman–Crippen MR) is 91.0 cm³/mol. The van der Waals surface area contributed by atoms with Gasteiger partial charge in [-0.15, -0.1) is 0 Å². The fourth-order valence-electron chi connectivity index (χ4n) is 2.24. The van der Waals surface area contributed by atoms with Gasteiger partial charge in [-0.3, -0.25) is 9.59 Å². The van der Waals surface area contributed by atoms with E-state index >= 15 is 0 Å². The zero-order valence-corrected chi connectivity index (χ0v) is 14.7. The van der Waals surface area contributed by atoms with E-state index in [-0.39, 0.29) is 36.6 Å². The Morgan fingerprint density at radius 3 is 2.00 bits per heavy atom. The lowest BCUT2D eigenvalue weighted by Crippen LogP contribution is -2.45. The maximum atomic E-state index is 12.0. The van der Waals surface area contributed by atoms with Crippen molar-refractivity contribution in [1.29, 1.82) is 0 Å². The summed E-state index contributed by atoms with van der Waals surface area (Å²) in [5.74, 6) is -1.13. The van der Waals surface area contributed by atoms with Crippen molar-refractivity contribution in [3.63, 3.8) is 0 Å². The zero-order valence-electron chi connectivity index (χ0n) is 14.7. The van der Waals surface area contributed by atoms with Crippen molar-refractivity contribution in [3.8, 4) is 0 Å². The summed E-state index contributed by atoms with van der Waals surface area (Å²) in [6.45, 7) is 5.52. The van der Waals surface area contributed by atoms with Crippen LogP contribution in [0.4, 0.5) is 0 Å². The smallest absolute Gasteiger partial charge is 0.328 e. The van der Waals surface area contributed by atoms with Gasteiger partial charge in [-0.1, -0.05) is 44.2 Å². The first-order valence-electron chi connectivity index (χ1n) is 8.06. The van der Waals surface area contributed by atoms with Crippen molar-refractivity contribution in [1.82, 2.24) is 10.6 Å². The van der Waals surface area contributed by atoms with Crippen LogP contribution in [-0.4, -0.2) is 30.9 Å². The Morgan fingerprint density at radius 1 is 0.958 bits per heavy atom. The van der Waals surface area contributed by atoms with Crippen molar-refractivity contribution < 1.29 is 19.1 Å². The number of benzene rings is 1. The molecule has 0 aliphatic carbocycles. The Bertz CT molecular complexity index is 557. The molecule has 6 heteroatoms. The van der Waals surface area contributed by atoms with Crippen LogP contribution in [0.15, 0.2) is 30.3 Å². The third-order valence-corrected chi connectivity index (χ3v) is 3.69. The number of carbonyl (C=O) groups is 3. The molecule has 0 aromatic heterocycles. The Morgan fingerprint density at radius 2 is 1.50 bits per heavy atom. The normalized spacial score (nSPS) is 13.0. The van der Waals surface area contributed by atoms with Crippen LogP contribution in [0.5, 0.6) is 0 Å². The Hall–Kier alpha value is -2.37. The van der Waals surface area contributed by atoms with Gasteiger partial charge in [0.2, 0.25) is 11.8 Å². The van der Waals surface area contributed by atoms with Gasteiger partial charge in [-0.05, 0) is 18.4 Å². The molecular weight excluding hydrogens is 308 g/mol. The molecule has 0 aliphatic rings. The van der Waals surface area contributed by atoms with Crippen LogP contribution in [0.1, 0.15) is 45.2 Å². The molecule has 0 spiro atoms. The number of carbonyl (C=O) groups excluding carboxylic acids is 3. The van der Waals surface area contributed by atoms with Crippen LogP contribution in [0.2, 0.25) is 0 Å². The Balaban J connectivity index is 2.43. The summed E-state index contributed by atoms with van der Waals surface area (Å²) in [6, 6.07) is 8.76. The third-order valence-electron chi connectivity index (χ3n) is 3.69. The average Bonchev–Trinajstić information content (AvgIpc) is 2.57. The SMILES string of the molecule is COC(=O)[C@H](NC(=O)CCC(=O)N[C@H](C)c1ccccc1)C(C)C. The number of hydrogen-bond acceptors (Lipinski definition) is 4. The van der Waals surface area contributed by atoms with Crippen LogP contribution in [0, 0.1) is 5.92 Å². The van der Waals surface area contributed by atoms with Crippen LogP contribution in [-0.2, 0) is 19.1 Å². The number of esters is 1. The van der Waals surface area contributed by atoms with E-state index in [0.29, 0.717) is 0 Å². The molecule has 6 nitrogen and oxygen atoms in total. The molecule has 0 saturated heterocycles. The summed E-state index contributed by atoms with van der Waals surface area (Å²) >= 11 is 0. The van der Waals surface area contributed by atoms with Gasteiger partial charge in [0.1, 0.15) is 6.04 Å². The molecule has 0 aliphatic heterocycles. The summed E-state index contributed by atoms with van der Waals surface area (Å²) in [4.78, 5) is 35.5. The molecular formula is C18H26N2O4. The maximum absolute atomic E-state index is 12.0. The van der Waals surface area contributed by atoms with Gasteiger partial charge in [0.25, 0.3) is 0 Å². The molecule has 0 fully saturated rings. The number of methoxy groups -OCH3 is 1. The highest BCUT2D eigenvalue weighted by atomic mass is 16.5. The van der Waals surface area contributed by atoms with E-state index in [9.17, 15) is 14.4 Å². The van der Waals surface area contributed by atoms with Gasteiger partial charge in [-0.25, -0.2) is 4.79 Å². The average molecular weight is 334 g/mol. The van der Waals surface area contributed by atoms with Gasteiger partial charge in [0.15, 0.2) is 0 Å². The predicted octanol–water partition coefficient (Wildman–Crippen LogP) is 1.96. The summed E-state index contributed by atoms with van der Waals surface area (Å²) in [7, 11) is 1.28. The number of amides is 2. The lowest BCUT2D eigenvalue weighted by atomic mass is 10.0. The molecule has 2 amide bonds. The second kappa shape index (κ2) is 9.70. The minimum absolute atomic E-state index is 0.0214. The number of hydrogen-bond donors (Lipinski definition) is 2. The first kappa shape index (κ1) is 19.7. The van der Waals surface area contributed by atoms with Crippen LogP contribution < -0.4 is 10.6 Å². The second-order valence-corrected chi connectivity index (χ2v) is 6.01. The van der Waals surface area contributed by atoms with Crippen molar-refractivity contribution >= 4 is 17.8 Å². The molecule has 132 valence electrons. The monoisotopic (exact) mass is 334 g/mol. The molecule has 0 heterocycles. The highest BCUT2D eigenvalue weighted by molar-refractivity contribution is 5.87. The second-order valence-electron chi connectivity index (χ2n) is 6.01. The lowest BCUT2D eigenvalue weighted by molar-refractivity contribution is -0.146. The quantitative estimate of drug-likeness (QED) is 0.712. The first-order valence-corrected chi connectivity index (χ1v) is 8.06. The van der Waals surface area contributed by atoms with E-state index in [1.807, 2.05) is 51.1 Å². The van der Waals surface area contributed by atoms with Gasteiger partial charge < -0.3 is 15.4 Å². The van der Waals surface area contributed by atoms with E-state index in [0.717, 1.165) is 5.56 Å². The number of rotatable bonds is 8. The zero-order chi connectivity index (χ0) is 18.1. The lowest BCUT2D eigenvalue weighted by Gasteiger charge is -2.20. The highest BCUT2D eigenvalue weighted by Crippen LogP contribution is 2.11. The molecule has 1 aromatic rings. The Kier molecular flexibility index (Phi) is 7.95. The van der Waals surface area contributed by atoms with E-state index in [4.69, 9.17) is 0 Å². The molecule has 2 N–H and O–H groups in total. The molecule has 0 bridgehead atoms. The highest BCUT2D eigenvalue weighted by Gasteiger charge is 2.24. The topological polar surface area (TPSA) is 84.5 Å². The van der Waals surface area contributed by atoms with Gasteiger partial charge >= 0.3 is 5.97 Å². The number of nitrogens with one attached hydrogen (secondary N) is 2.